The van der Waals surface area contributed by atoms with Crippen LogP contribution in [0, 0.1) is 0 Å². The molecule has 118 valence electrons. The number of hydrogen-bond acceptors (Lipinski definition) is 2. The fraction of sp³-hybridized carbons (Fsp3) is 0.526. The molecule has 0 saturated heterocycles. The Morgan fingerprint density at radius 2 is 2.05 bits per heavy atom. The maximum Gasteiger partial charge on any atom is 0.251 e. The lowest BCUT2D eigenvalue weighted by Crippen LogP contribution is -2.47. The van der Waals surface area contributed by atoms with E-state index in [9.17, 15) is 4.79 Å². The van der Waals surface area contributed by atoms with E-state index in [0.29, 0.717) is 6.04 Å². The Hall–Kier alpha value is -1.61. The molecule has 1 N–H and O–H groups in total. The van der Waals surface area contributed by atoms with E-state index in [1.54, 1.807) is 0 Å². The average Bonchev–Trinajstić information content (AvgIpc) is 2.74. The predicted octanol–water partition coefficient (Wildman–Crippen LogP) is 3.57. The SMILES string of the molecule is CCCN1C(=O)C(C)=C(C)[C@@H]1N[C@@H]1CCCc2ccccc21. The van der Waals surface area contributed by atoms with Crippen molar-refractivity contribution in [3.8, 4) is 0 Å². The predicted molar refractivity (Wildman–Crippen MR) is 89.4 cm³/mol. The van der Waals surface area contributed by atoms with Gasteiger partial charge in [0.15, 0.2) is 0 Å². The van der Waals surface area contributed by atoms with E-state index in [0.717, 1.165) is 25.0 Å². The molecular weight excluding hydrogens is 272 g/mol. The summed E-state index contributed by atoms with van der Waals surface area (Å²) in [4.78, 5) is 14.4. The number of hydrogen-bond donors (Lipinski definition) is 1. The van der Waals surface area contributed by atoms with E-state index >= 15 is 0 Å². The molecule has 1 heterocycles. The largest absolute Gasteiger partial charge is 0.319 e. The molecule has 0 radical (unpaired) electrons. The van der Waals surface area contributed by atoms with Crippen molar-refractivity contribution < 1.29 is 4.79 Å². The summed E-state index contributed by atoms with van der Waals surface area (Å²) in [6.07, 6.45) is 4.58. The quantitative estimate of drug-likeness (QED) is 0.921. The Kier molecular flexibility index (Phi) is 4.34. The zero-order chi connectivity index (χ0) is 15.7. The van der Waals surface area contributed by atoms with Crippen LogP contribution in [-0.4, -0.2) is 23.5 Å². The van der Waals surface area contributed by atoms with Gasteiger partial charge in [0.2, 0.25) is 0 Å². The summed E-state index contributed by atoms with van der Waals surface area (Å²) in [6, 6.07) is 9.07. The summed E-state index contributed by atoms with van der Waals surface area (Å²) >= 11 is 0. The minimum atomic E-state index is 0.0589. The van der Waals surface area contributed by atoms with E-state index in [-0.39, 0.29) is 12.1 Å². The summed E-state index contributed by atoms with van der Waals surface area (Å²) in [6.45, 7) is 6.99. The third kappa shape index (κ3) is 2.58. The molecule has 2 aliphatic rings. The summed E-state index contributed by atoms with van der Waals surface area (Å²) in [5.74, 6) is 0.195. The third-order valence-corrected chi connectivity index (χ3v) is 5.09. The second-order valence-electron chi connectivity index (χ2n) is 6.52. The number of carbonyl (C=O) groups is 1. The number of nitrogens with one attached hydrogen (secondary N) is 1. The lowest BCUT2D eigenvalue weighted by molar-refractivity contribution is -0.127. The monoisotopic (exact) mass is 298 g/mol. The molecule has 0 spiro atoms. The molecule has 0 saturated carbocycles. The molecule has 1 aromatic carbocycles. The molecule has 22 heavy (non-hydrogen) atoms. The molecule has 1 amide bonds. The van der Waals surface area contributed by atoms with Crippen LogP contribution in [0.5, 0.6) is 0 Å². The average molecular weight is 298 g/mol. The molecule has 3 nitrogen and oxygen atoms in total. The van der Waals surface area contributed by atoms with Crippen LogP contribution >= 0.6 is 0 Å². The summed E-state index contributed by atoms with van der Waals surface area (Å²) in [5, 5.41) is 3.77. The highest BCUT2D eigenvalue weighted by Gasteiger charge is 2.36. The first-order valence-electron chi connectivity index (χ1n) is 8.45. The fourth-order valence-corrected chi connectivity index (χ4v) is 3.74. The van der Waals surface area contributed by atoms with Crippen molar-refractivity contribution in [2.45, 2.75) is 58.7 Å². The van der Waals surface area contributed by atoms with Crippen molar-refractivity contribution in [1.29, 1.82) is 0 Å². The van der Waals surface area contributed by atoms with E-state index in [1.807, 2.05) is 11.8 Å². The molecule has 3 heteroatoms. The standard InChI is InChI=1S/C19H26N2O/c1-4-12-21-18(13(2)14(3)19(21)22)20-17-11-7-9-15-8-5-6-10-16(15)17/h5-6,8,10,17-18,20H,4,7,9,11-12H2,1-3H3/t17-,18-/m1/s1. The Balaban J connectivity index is 1.85. The van der Waals surface area contributed by atoms with E-state index in [1.165, 1.54) is 29.5 Å². The molecule has 1 aliphatic carbocycles. The molecule has 1 aliphatic heterocycles. The van der Waals surface area contributed by atoms with Gasteiger partial charge in [0.05, 0.1) is 0 Å². The second kappa shape index (κ2) is 6.25. The van der Waals surface area contributed by atoms with Crippen LogP contribution in [0.4, 0.5) is 0 Å². The van der Waals surface area contributed by atoms with Gasteiger partial charge >= 0.3 is 0 Å². The minimum absolute atomic E-state index is 0.0589. The van der Waals surface area contributed by atoms with Gasteiger partial charge in [-0.25, -0.2) is 0 Å². The van der Waals surface area contributed by atoms with Gasteiger partial charge in [-0.05, 0) is 56.2 Å². The first-order valence-corrected chi connectivity index (χ1v) is 8.45. The van der Waals surface area contributed by atoms with Gasteiger partial charge in [-0.15, -0.1) is 0 Å². The van der Waals surface area contributed by atoms with Gasteiger partial charge in [-0.3, -0.25) is 10.1 Å². The Morgan fingerprint density at radius 3 is 2.82 bits per heavy atom. The van der Waals surface area contributed by atoms with Crippen LogP contribution in [0.3, 0.4) is 0 Å². The molecule has 0 unspecified atom stereocenters. The maximum absolute atomic E-state index is 12.4. The summed E-state index contributed by atoms with van der Waals surface area (Å²) < 4.78 is 0. The molecular formula is C19H26N2O. The molecule has 0 aromatic heterocycles. The van der Waals surface area contributed by atoms with Crippen LogP contribution in [0.2, 0.25) is 0 Å². The van der Waals surface area contributed by atoms with Crippen LogP contribution in [0.25, 0.3) is 0 Å². The number of nitrogens with zero attached hydrogens (tertiary/aromatic N) is 1. The van der Waals surface area contributed by atoms with Crippen molar-refractivity contribution in [3.05, 3.63) is 46.5 Å². The molecule has 1 aromatic rings. The lowest BCUT2D eigenvalue weighted by Gasteiger charge is -2.34. The zero-order valence-electron chi connectivity index (χ0n) is 13.9. The van der Waals surface area contributed by atoms with Gasteiger partial charge in [0.25, 0.3) is 5.91 Å². The fourth-order valence-electron chi connectivity index (χ4n) is 3.74. The van der Waals surface area contributed by atoms with Crippen LogP contribution in [-0.2, 0) is 11.2 Å². The zero-order valence-corrected chi connectivity index (χ0v) is 13.9. The number of benzene rings is 1. The molecule has 2 atom stereocenters. The van der Waals surface area contributed by atoms with Gasteiger partial charge in [-0.2, -0.15) is 0 Å². The first kappa shape index (κ1) is 15.3. The molecule has 0 bridgehead atoms. The van der Waals surface area contributed by atoms with Crippen molar-refractivity contribution >= 4 is 5.91 Å². The number of aryl methyl sites for hydroxylation is 1. The van der Waals surface area contributed by atoms with Crippen molar-refractivity contribution in [3.63, 3.8) is 0 Å². The number of carbonyl (C=O) groups excluding carboxylic acids is 1. The number of rotatable bonds is 4. The van der Waals surface area contributed by atoms with Gasteiger partial charge in [-0.1, -0.05) is 31.2 Å². The van der Waals surface area contributed by atoms with Gasteiger partial charge < -0.3 is 4.90 Å². The van der Waals surface area contributed by atoms with Gasteiger partial charge in [0.1, 0.15) is 6.17 Å². The highest BCUT2D eigenvalue weighted by atomic mass is 16.2. The van der Waals surface area contributed by atoms with Crippen LogP contribution < -0.4 is 5.32 Å². The normalized spacial score (nSPS) is 24.9. The topological polar surface area (TPSA) is 32.3 Å². The first-order chi connectivity index (χ1) is 10.6. The van der Waals surface area contributed by atoms with E-state index in [2.05, 4.69) is 43.4 Å². The maximum atomic E-state index is 12.4. The number of amides is 1. The van der Waals surface area contributed by atoms with E-state index < -0.39 is 0 Å². The highest BCUT2D eigenvalue weighted by Crippen LogP contribution is 2.33. The summed E-state index contributed by atoms with van der Waals surface area (Å²) in [7, 11) is 0. The second-order valence-corrected chi connectivity index (χ2v) is 6.52. The van der Waals surface area contributed by atoms with Crippen molar-refractivity contribution in [2.75, 3.05) is 6.54 Å². The van der Waals surface area contributed by atoms with Crippen molar-refractivity contribution in [1.82, 2.24) is 10.2 Å². The molecule has 3 rings (SSSR count). The van der Waals surface area contributed by atoms with Crippen LogP contribution in [0.15, 0.2) is 35.4 Å². The molecule has 0 fully saturated rings. The Bertz CT molecular complexity index is 605. The smallest absolute Gasteiger partial charge is 0.251 e. The van der Waals surface area contributed by atoms with E-state index in [4.69, 9.17) is 0 Å². The Morgan fingerprint density at radius 1 is 1.27 bits per heavy atom. The van der Waals surface area contributed by atoms with Crippen LogP contribution in [0.1, 0.15) is 57.2 Å². The Labute approximate surface area is 133 Å². The highest BCUT2D eigenvalue weighted by molar-refractivity contribution is 5.96. The third-order valence-electron chi connectivity index (χ3n) is 5.09. The van der Waals surface area contributed by atoms with Gasteiger partial charge in [0, 0.05) is 18.2 Å². The summed E-state index contributed by atoms with van der Waals surface area (Å²) in [5.41, 5.74) is 4.96. The lowest BCUT2D eigenvalue weighted by atomic mass is 9.87. The van der Waals surface area contributed by atoms with Crippen molar-refractivity contribution in [2.24, 2.45) is 0 Å². The minimum Gasteiger partial charge on any atom is -0.319 e. The number of fused-ring (bicyclic) bond motifs is 1.